The van der Waals surface area contributed by atoms with Gasteiger partial charge >= 0.3 is 0 Å². The van der Waals surface area contributed by atoms with Gasteiger partial charge in [0.25, 0.3) is 5.91 Å². The van der Waals surface area contributed by atoms with Crippen LogP contribution >= 0.6 is 11.6 Å². The molecule has 2 N–H and O–H groups in total. The van der Waals surface area contributed by atoms with Gasteiger partial charge in [-0.1, -0.05) is 11.6 Å². The molecule has 11 heteroatoms. The smallest absolute Gasteiger partial charge is 0.259 e. The topological polar surface area (TPSA) is 119 Å². The van der Waals surface area contributed by atoms with Crippen molar-refractivity contribution >= 4 is 28.7 Å². The number of anilines is 1. The third-order valence-electron chi connectivity index (χ3n) is 5.37. The van der Waals surface area contributed by atoms with Crippen molar-refractivity contribution in [2.24, 2.45) is 0 Å². The van der Waals surface area contributed by atoms with Crippen molar-refractivity contribution < 1.29 is 4.79 Å². The molecular formula is C21H16ClN9O. The van der Waals surface area contributed by atoms with Crippen molar-refractivity contribution in [2.45, 2.75) is 18.9 Å². The van der Waals surface area contributed by atoms with Crippen molar-refractivity contribution in [3.63, 3.8) is 0 Å². The normalized spacial score (nSPS) is 13.5. The molecule has 0 unspecified atom stereocenters. The van der Waals surface area contributed by atoms with Gasteiger partial charge in [-0.15, -0.1) is 10.2 Å². The molecule has 1 saturated carbocycles. The van der Waals surface area contributed by atoms with Crippen LogP contribution in [-0.2, 0) is 0 Å². The highest BCUT2D eigenvalue weighted by Gasteiger charge is 2.26. The van der Waals surface area contributed by atoms with E-state index in [4.69, 9.17) is 11.6 Å². The number of carbonyl (C=O) groups excluding carboxylic acids is 1. The molecule has 0 spiro atoms. The quantitative estimate of drug-likeness (QED) is 0.426. The van der Waals surface area contributed by atoms with Gasteiger partial charge in [-0.3, -0.25) is 9.89 Å². The number of hydrogen-bond acceptors (Lipinski definition) is 6. The number of rotatable bonds is 5. The highest BCUT2D eigenvalue weighted by Crippen LogP contribution is 2.34. The Labute approximate surface area is 186 Å². The summed E-state index contributed by atoms with van der Waals surface area (Å²) < 4.78 is 1.65. The summed E-state index contributed by atoms with van der Waals surface area (Å²) in [6, 6.07) is 9.40. The number of nitrogens with one attached hydrogen (secondary N) is 2. The van der Waals surface area contributed by atoms with Crippen molar-refractivity contribution in [3.05, 3.63) is 65.7 Å². The fourth-order valence-electron chi connectivity index (χ4n) is 3.49. The van der Waals surface area contributed by atoms with Gasteiger partial charge in [-0.2, -0.15) is 15.0 Å². The van der Waals surface area contributed by atoms with E-state index < -0.39 is 0 Å². The number of pyridine rings is 1. The molecule has 0 radical (unpaired) electrons. The molecule has 6 rings (SSSR count). The number of amides is 1. The third-order valence-corrected chi connectivity index (χ3v) is 5.70. The van der Waals surface area contributed by atoms with Gasteiger partial charge in [-0.25, -0.2) is 4.52 Å². The van der Waals surface area contributed by atoms with Crippen molar-refractivity contribution in [2.75, 3.05) is 5.32 Å². The van der Waals surface area contributed by atoms with E-state index >= 15 is 0 Å². The number of nitrogens with zero attached hydrogens (tertiary/aromatic N) is 7. The van der Waals surface area contributed by atoms with Gasteiger partial charge in [0.2, 0.25) is 5.82 Å². The first-order valence-electron chi connectivity index (χ1n) is 10.0. The number of fused-ring (bicyclic) bond motifs is 1. The first-order chi connectivity index (χ1) is 15.7. The monoisotopic (exact) mass is 445 g/mol. The molecule has 4 aromatic heterocycles. The average Bonchev–Trinajstić information content (AvgIpc) is 3.22. The standard InChI is InChI=1S/C21H16ClN9O/c22-17-4-1-13(20-27-29-31(28-20)15-2-3-15)7-18(17)26-21(32)16-11-25-30-6-5-12(8-19(16)30)14-9-23-24-10-14/h1,4-11,15H,2-3H2,(H,23,24)(H,26,32). The summed E-state index contributed by atoms with van der Waals surface area (Å²) >= 11 is 6.36. The molecule has 1 amide bonds. The highest BCUT2D eigenvalue weighted by molar-refractivity contribution is 6.34. The van der Waals surface area contributed by atoms with E-state index in [0.717, 1.165) is 29.5 Å². The summed E-state index contributed by atoms with van der Waals surface area (Å²) in [5.41, 5.74) is 4.12. The van der Waals surface area contributed by atoms with Crippen LogP contribution in [0.25, 0.3) is 28.0 Å². The number of H-pyrrole nitrogens is 1. The van der Waals surface area contributed by atoms with Gasteiger partial charge in [0, 0.05) is 23.5 Å². The maximum atomic E-state index is 13.1. The van der Waals surface area contributed by atoms with E-state index in [-0.39, 0.29) is 5.91 Å². The van der Waals surface area contributed by atoms with Gasteiger partial charge in [0.15, 0.2) is 0 Å². The molecule has 0 atom stereocenters. The molecule has 1 fully saturated rings. The van der Waals surface area contributed by atoms with Crippen LogP contribution in [0, 0.1) is 0 Å². The largest absolute Gasteiger partial charge is 0.320 e. The number of halogens is 1. The minimum Gasteiger partial charge on any atom is -0.320 e. The Morgan fingerprint density at radius 2 is 2.03 bits per heavy atom. The highest BCUT2D eigenvalue weighted by atomic mass is 35.5. The van der Waals surface area contributed by atoms with E-state index in [1.165, 1.54) is 6.20 Å². The Morgan fingerprint density at radius 1 is 1.12 bits per heavy atom. The predicted molar refractivity (Wildman–Crippen MR) is 117 cm³/mol. The van der Waals surface area contributed by atoms with Crippen LogP contribution in [-0.4, -0.2) is 45.9 Å². The summed E-state index contributed by atoms with van der Waals surface area (Å²) in [7, 11) is 0. The van der Waals surface area contributed by atoms with Crippen LogP contribution in [0.4, 0.5) is 5.69 Å². The molecule has 0 saturated heterocycles. The maximum Gasteiger partial charge on any atom is 0.259 e. The number of aromatic nitrogens is 8. The summed E-state index contributed by atoms with van der Waals surface area (Å²) in [6.45, 7) is 0. The van der Waals surface area contributed by atoms with Gasteiger partial charge in [0.1, 0.15) is 0 Å². The van der Waals surface area contributed by atoms with E-state index in [1.807, 2.05) is 12.1 Å². The van der Waals surface area contributed by atoms with Gasteiger partial charge < -0.3 is 5.32 Å². The maximum absolute atomic E-state index is 13.1. The zero-order valence-electron chi connectivity index (χ0n) is 16.6. The fourth-order valence-corrected chi connectivity index (χ4v) is 3.66. The lowest BCUT2D eigenvalue weighted by Crippen LogP contribution is -2.12. The number of benzene rings is 1. The molecule has 0 aliphatic heterocycles. The van der Waals surface area contributed by atoms with Crippen LogP contribution in [0.2, 0.25) is 5.02 Å². The molecule has 5 aromatic rings. The van der Waals surface area contributed by atoms with Gasteiger partial charge in [0.05, 0.1) is 40.2 Å². The van der Waals surface area contributed by atoms with Crippen molar-refractivity contribution in [1.29, 1.82) is 0 Å². The molecule has 158 valence electrons. The summed E-state index contributed by atoms with van der Waals surface area (Å²) in [5.74, 6) is 0.169. The predicted octanol–water partition coefficient (Wildman–Crippen LogP) is 3.62. The molecule has 1 aliphatic carbocycles. The Bertz CT molecular complexity index is 1450. The lowest BCUT2D eigenvalue weighted by molar-refractivity contribution is 0.102. The first-order valence-corrected chi connectivity index (χ1v) is 10.4. The van der Waals surface area contributed by atoms with Crippen LogP contribution in [0.5, 0.6) is 0 Å². The molecular weight excluding hydrogens is 430 g/mol. The Balaban J connectivity index is 1.31. The number of tetrazole rings is 1. The Kier molecular flexibility index (Phi) is 4.25. The number of hydrogen-bond donors (Lipinski definition) is 2. The van der Waals surface area contributed by atoms with Gasteiger partial charge in [-0.05, 0) is 54.0 Å². The second kappa shape index (κ2) is 7.27. The first kappa shape index (κ1) is 18.7. The summed E-state index contributed by atoms with van der Waals surface area (Å²) in [5, 5.41) is 27.0. The molecule has 1 aromatic carbocycles. The van der Waals surface area contributed by atoms with Crippen molar-refractivity contribution in [3.8, 4) is 22.5 Å². The van der Waals surface area contributed by atoms with E-state index in [0.29, 0.717) is 33.7 Å². The molecule has 32 heavy (non-hydrogen) atoms. The Hall–Kier alpha value is -4.05. The second-order valence-electron chi connectivity index (χ2n) is 7.60. The SMILES string of the molecule is O=C(Nc1cc(-c2nnn(C3CC3)n2)ccc1Cl)c1cnn2ccc(-c3cn[nH]c3)cc12. The number of aromatic amines is 1. The van der Waals surface area contributed by atoms with E-state index in [9.17, 15) is 4.79 Å². The lowest BCUT2D eigenvalue weighted by atomic mass is 10.1. The average molecular weight is 446 g/mol. The Morgan fingerprint density at radius 3 is 2.84 bits per heavy atom. The zero-order chi connectivity index (χ0) is 21.7. The zero-order valence-corrected chi connectivity index (χ0v) is 17.4. The molecule has 10 nitrogen and oxygen atoms in total. The summed E-state index contributed by atoms with van der Waals surface area (Å²) in [6.07, 6.45) is 8.99. The molecule has 0 bridgehead atoms. The van der Waals surface area contributed by atoms with E-state index in [2.05, 4.69) is 36.0 Å². The fraction of sp³-hybridized carbons (Fsp3) is 0.143. The number of carbonyl (C=O) groups is 1. The lowest BCUT2D eigenvalue weighted by Gasteiger charge is -2.08. The molecule has 1 aliphatic rings. The van der Waals surface area contributed by atoms with Crippen LogP contribution < -0.4 is 5.32 Å². The molecule has 4 heterocycles. The minimum absolute atomic E-state index is 0.321. The van der Waals surface area contributed by atoms with Crippen LogP contribution in [0.3, 0.4) is 0 Å². The second-order valence-corrected chi connectivity index (χ2v) is 8.01. The van der Waals surface area contributed by atoms with Crippen molar-refractivity contribution in [1.82, 2.24) is 40.0 Å². The third kappa shape index (κ3) is 3.30. The van der Waals surface area contributed by atoms with E-state index in [1.54, 1.807) is 46.1 Å². The van der Waals surface area contributed by atoms with Crippen LogP contribution in [0.1, 0.15) is 29.2 Å². The summed E-state index contributed by atoms with van der Waals surface area (Å²) in [4.78, 5) is 14.7. The minimum atomic E-state index is -0.321. The van der Waals surface area contributed by atoms with Crippen LogP contribution in [0.15, 0.2) is 55.1 Å².